The Bertz CT molecular complexity index is 465. The molecular weight excluding hydrogens is 226 g/mol. The molecular formula is C13H19N5. The van der Waals surface area contributed by atoms with Gasteiger partial charge in [0, 0.05) is 0 Å². The molecule has 0 aliphatic heterocycles. The highest BCUT2D eigenvalue weighted by Gasteiger charge is 2.13. The van der Waals surface area contributed by atoms with E-state index in [0.717, 1.165) is 18.8 Å². The Kier molecular flexibility index (Phi) is 4.41. The second-order valence-electron chi connectivity index (χ2n) is 4.36. The molecule has 1 atom stereocenters. The van der Waals surface area contributed by atoms with Crippen LogP contribution >= 0.6 is 0 Å². The van der Waals surface area contributed by atoms with Crippen LogP contribution < -0.4 is 5.32 Å². The van der Waals surface area contributed by atoms with Crippen LogP contribution in [0.3, 0.4) is 0 Å². The topological polar surface area (TPSA) is 55.6 Å². The first-order chi connectivity index (χ1) is 8.81. The van der Waals surface area contributed by atoms with E-state index in [1.807, 2.05) is 22.9 Å². The molecule has 0 bridgehead atoms. The minimum Gasteiger partial charge on any atom is -0.307 e. The van der Waals surface area contributed by atoms with Crippen LogP contribution in [-0.4, -0.2) is 26.8 Å². The molecule has 0 aliphatic rings. The van der Waals surface area contributed by atoms with E-state index in [0.29, 0.717) is 6.54 Å². The minimum atomic E-state index is 0.170. The van der Waals surface area contributed by atoms with E-state index in [1.165, 1.54) is 5.56 Å². The maximum atomic E-state index is 4.10. The zero-order valence-corrected chi connectivity index (χ0v) is 10.9. The maximum Gasteiger partial charge on any atom is 0.168 e. The van der Waals surface area contributed by atoms with Crippen LogP contribution in [0.2, 0.25) is 0 Å². The van der Waals surface area contributed by atoms with E-state index in [2.05, 4.69) is 46.8 Å². The van der Waals surface area contributed by atoms with Crippen molar-refractivity contribution < 1.29 is 0 Å². The normalized spacial score (nSPS) is 12.6. The first-order valence-corrected chi connectivity index (χ1v) is 6.34. The fraction of sp³-hybridized carbons (Fsp3) is 0.462. The van der Waals surface area contributed by atoms with E-state index in [9.17, 15) is 0 Å². The van der Waals surface area contributed by atoms with Crippen molar-refractivity contribution in [1.82, 2.24) is 25.5 Å². The highest BCUT2D eigenvalue weighted by molar-refractivity contribution is 5.15. The summed E-state index contributed by atoms with van der Waals surface area (Å²) in [6, 6.07) is 10.4. The average Bonchev–Trinajstić information content (AvgIpc) is 2.85. The van der Waals surface area contributed by atoms with Crippen LogP contribution in [0.1, 0.15) is 37.7 Å². The quantitative estimate of drug-likeness (QED) is 0.843. The van der Waals surface area contributed by atoms with Gasteiger partial charge in [0.15, 0.2) is 5.82 Å². The van der Waals surface area contributed by atoms with E-state index in [1.54, 1.807) is 0 Å². The molecule has 0 radical (unpaired) electrons. The monoisotopic (exact) mass is 245 g/mol. The fourth-order valence-corrected chi connectivity index (χ4v) is 1.84. The van der Waals surface area contributed by atoms with Gasteiger partial charge >= 0.3 is 0 Å². The summed E-state index contributed by atoms with van der Waals surface area (Å²) >= 11 is 0. The highest BCUT2D eigenvalue weighted by Crippen LogP contribution is 2.09. The van der Waals surface area contributed by atoms with Gasteiger partial charge in [-0.25, -0.2) is 4.68 Å². The summed E-state index contributed by atoms with van der Waals surface area (Å²) in [5.74, 6) is 0.882. The third-order valence-electron chi connectivity index (χ3n) is 2.82. The first-order valence-electron chi connectivity index (χ1n) is 6.34. The summed E-state index contributed by atoms with van der Waals surface area (Å²) < 4.78 is 1.85. The van der Waals surface area contributed by atoms with Gasteiger partial charge in [0.25, 0.3) is 0 Å². The predicted octanol–water partition coefficient (Wildman–Crippen LogP) is 1.78. The van der Waals surface area contributed by atoms with Gasteiger partial charge in [-0.2, -0.15) is 0 Å². The number of nitrogens with one attached hydrogen (secondary N) is 1. The predicted molar refractivity (Wildman–Crippen MR) is 70.1 cm³/mol. The molecule has 0 saturated heterocycles. The SMILES string of the molecule is CCCNC(C)c1nnnn1Cc1ccccc1. The fourth-order valence-electron chi connectivity index (χ4n) is 1.84. The van der Waals surface area contributed by atoms with Crippen LogP contribution in [0.5, 0.6) is 0 Å². The summed E-state index contributed by atoms with van der Waals surface area (Å²) in [5, 5.41) is 15.3. The summed E-state index contributed by atoms with van der Waals surface area (Å²) in [6.07, 6.45) is 1.10. The number of benzene rings is 1. The second kappa shape index (κ2) is 6.26. The molecule has 5 nitrogen and oxygen atoms in total. The number of hydrogen-bond donors (Lipinski definition) is 1. The zero-order valence-electron chi connectivity index (χ0n) is 10.9. The average molecular weight is 245 g/mol. The largest absolute Gasteiger partial charge is 0.307 e. The number of hydrogen-bond acceptors (Lipinski definition) is 4. The lowest BCUT2D eigenvalue weighted by atomic mass is 10.2. The third kappa shape index (κ3) is 3.13. The van der Waals surface area contributed by atoms with Crippen LogP contribution in [0.15, 0.2) is 30.3 Å². The number of nitrogens with zero attached hydrogens (tertiary/aromatic N) is 4. The lowest BCUT2D eigenvalue weighted by Crippen LogP contribution is -2.23. The van der Waals surface area contributed by atoms with Crippen LogP contribution in [0.4, 0.5) is 0 Å². The number of rotatable bonds is 6. The van der Waals surface area contributed by atoms with E-state index < -0.39 is 0 Å². The molecule has 2 aromatic rings. The minimum absolute atomic E-state index is 0.170. The molecule has 1 heterocycles. The summed E-state index contributed by atoms with van der Waals surface area (Å²) in [6.45, 7) is 5.91. The molecule has 1 unspecified atom stereocenters. The lowest BCUT2D eigenvalue weighted by molar-refractivity contribution is 0.503. The first kappa shape index (κ1) is 12.7. The zero-order chi connectivity index (χ0) is 12.8. The molecule has 1 aromatic heterocycles. The smallest absolute Gasteiger partial charge is 0.168 e. The Labute approximate surface area is 107 Å². The second-order valence-corrected chi connectivity index (χ2v) is 4.36. The van der Waals surface area contributed by atoms with E-state index >= 15 is 0 Å². The molecule has 2 rings (SSSR count). The van der Waals surface area contributed by atoms with Gasteiger partial charge in [-0.15, -0.1) is 5.10 Å². The Morgan fingerprint density at radius 1 is 1.28 bits per heavy atom. The molecule has 0 amide bonds. The number of aromatic nitrogens is 4. The van der Waals surface area contributed by atoms with E-state index in [4.69, 9.17) is 0 Å². The Morgan fingerprint density at radius 2 is 2.06 bits per heavy atom. The van der Waals surface area contributed by atoms with Gasteiger partial charge in [0.2, 0.25) is 0 Å². The van der Waals surface area contributed by atoms with Crippen molar-refractivity contribution >= 4 is 0 Å². The van der Waals surface area contributed by atoms with Crippen molar-refractivity contribution in [3.8, 4) is 0 Å². The van der Waals surface area contributed by atoms with Gasteiger partial charge in [-0.05, 0) is 35.9 Å². The van der Waals surface area contributed by atoms with Crippen molar-refractivity contribution in [1.29, 1.82) is 0 Å². The molecule has 96 valence electrons. The van der Waals surface area contributed by atoms with Crippen molar-refractivity contribution in [2.24, 2.45) is 0 Å². The lowest BCUT2D eigenvalue weighted by Gasteiger charge is -2.12. The molecule has 18 heavy (non-hydrogen) atoms. The van der Waals surface area contributed by atoms with E-state index in [-0.39, 0.29) is 6.04 Å². The standard InChI is InChI=1S/C13H19N5/c1-3-9-14-11(2)13-15-16-17-18(13)10-12-7-5-4-6-8-12/h4-8,11,14H,3,9-10H2,1-2H3. The Balaban J connectivity index is 2.08. The summed E-state index contributed by atoms with van der Waals surface area (Å²) in [5.41, 5.74) is 1.20. The van der Waals surface area contributed by atoms with Gasteiger partial charge < -0.3 is 5.32 Å². The molecule has 0 fully saturated rings. The van der Waals surface area contributed by atoms with Crippen molar-refractivity contribution in [2.45, 2.75) is 32.9 Å². The van der Waals surface area contributed by atoms with Crippen molar-refractivity contribution in [3.05, 3.63) is 41.7 Å². The van der Waals surface area contributed by atoms with Gasteiger partial charge in [0.05, 0.1) is 12.6 Å². The van der Waals surface area contributed by atoms with Gasteiger partial charge in [-0.1, -0.05) is 37.3 Å². The molecule has 5 heteroatoms. The molecule has 1 aromatic carbocycles. The van der Waals surface area contributed by atoms with Crippen LogP contribution in [-0.2, 0) is 6.54 Å². The summed E-state index contributed by atoms with van der Waals surface area (Å²) in [7, 11) is 0. The van der Waals surface area contributed by atoms with Crippen LogP contribution in [0.25, 0.3) is 0 Å². The molecule has 0 spiro atoms. The van der Waals surface area contributed by atoms with Gasteiger partial charge in [-0.3, -0.25) is 0 Å². The number of tetrazole rings is 1. The molecule has 0 aliphatic carbocycles. The highest BCUT2D eigenvalue weighted by atomic mass is 15.5. The van der Waals surface area contributed by atoms with Crippen LogP contribution in [0, 0.1) is 0 Å². The maximum absolute atomic E-state index is 4.10. The molecule has 1 N–H and O–H groups in total. The Hall–Kier alpha value is -1.75. The Morgan fingerprint density at radius 3 is 2.78 bits per heavy atom. The third-order valence-corrected chi connectivity index (χ3v) is 2.82. The molecule has 0 saturated carbocycles. The van der Waals surface area contributed by atoms with Crippen molar-refractivity contribution in [3.63, 3.8) is 0 Å². The van der Waals surface area contributed by atoms with Gasteiger partial charge in [0.1, 0.15) is 0 Å². The summed E-state index contributed by atoms with van der Waals surface area (Å²) in [4.78, 5) is 0. The van der Waals surface area contributed by atoms with Crippen molar-refractivity contribution in [2.75, 3.05) is 6.54 Å².